The Morgan fingerprint density at radius 1 is 1.32 bits per heavy atom. The molecule has 0 radical (unpaired) electrons. The number of hydrogen-bond acceptors (Lipinski definition) is 3. The van der Waals surface area contributed by atoms with Crippen molar-refractivity contribution in [1.82, 2.24) is 0 Å². The minimum absolute atomic E-state index is 0.133. The molecule has 2 N–H and O–H groups in total. The fraction of sp³-hybridized carbons (Fsp3) is 0.0714. The summed E-state index contributed by atoms with van der Waals surface area (Å²) in [5.74, 6) is 0.133. The fourth-order valence-corrected chi connectivity index (χ4v) is 2.26. The number of hydrogen-bond donors (Lipinski definition) is 2. The fourth-order valence-electron chi connectivity index (χ4n) is 1.67. The van der Waals surface area contributed by atoms with Gasteiger partial charge >= 0.3 is 0 Å². The summed E-state index contributed by atoms with van der Waals surface area (Å²) in [7, 11) is 0. The van der Waals surface area contributed by atoms with E-state index in [1.807, 2.05) is 6.07 Å². The van der Waals surface area contributed by atoms with E-state index in [1.54, 1.807) is 30.3 Å². The topological polar surface area (TPSA) is 56.0 Å². The normalized spacial score (nSPS) is 9.95. The molecule has 0 aliphatic carbocycles. The molecule has 3 nitrogen and oxygen atoms in total. The zero-order chi connectivity index (χ0) is 13.8. The van der Waals surface area contributed by atoms with E-state index in [-0.39, 0.29) is 5.75 Å². The third-order valence-electron chi connectivity index (χ3n) is 2.65. The van der Waals surface area contributed by atoms with Crippen LogP contribution in [0.4, 0.5) is 5.69 Å². The van der Waals surface area contributed by atoms with Crippen molar-refractivity contribution < 1.29 is 5.11 Å². The van der Waals surface area contributed by atoms with Crippen LogP contribution in [0.5, 0.6) is 5.75 Å². The van der Waals surface area contributed by atoms with Gasteiger partial charge < -0.3 is 10.4 Å². The lowest BCUT2D eigenvalue weighted by Gasteiger charge is -2.11. The van der Waals surface area contributed by atoms with Crippen molar-refractivity contribution in [3.05, 3.63) is 57.0 Å². The number of rotatable bonds is 3. The van der Waals surface area contributed by atoms with Gasteiger partial charge in [-0.15, -0.1) is 0 Å². The minimum Gasteiger partial charge on any atom is -0.508 e. The Bertz CT molecular complexity index is 632. The van der Waals surface area contributed by atoms with Gasteiger partial charge in [0.1, 0.15) is 11.8 Å². The zero-order valence-electron chi connectivity index (χ0n) is 9.82. The first kappa shape index (κ1) is 13.7. The van der Waals surface area contributed by atoms with Crippen LogP contribution in [0.3, 0.4) is 0 Å². The lowest BCUT2D eigenvalue weighted by atomic mass is 10.1. The summed E-state index contributed by atoms with van der Waals surface area (Å²) in [6, 6.07) is 12.4. The second kappa shape index (κ2) is 5.96. The van der Waals surface area contributed by atoms with Crippen LogP contribution in [0.25, 0.3) is 0 Å². The molecule has 0 aliphatic rings. The van der Waals surface area contributed by atoms with Crippen LogP contribution in [0.2, 0.25) is 5.02 Å². The van der Waals surface area contributed by atoms with Gasteiger partial charge in [0.2, 0.25) is 0 Å². The molecule has 0 unspecified atom stereocenters. The number of aromatic hydroxyl groups is 1. The standard InChI is InChI=1S/C14H10BrClN2O/c15-10-5-4-9(7-17)13(6-10)18-8-11-12(16)2-1-3-14(11)19/h1-6,18-19H,8H2. The summed E-state index contributed by atoms with van der Waals surface area (Å²) < 4.78 is 0.873. The van der Waals surface area contributed by atoms with Crippen LogP contribution in [0.1, 0.15) is 11.1 Å². The Balaban J connectivity index is 2.24. The number of nitrogens with zero attached hydrogens (tertiary/aromatic N) is 1. The summed E-state index contributed by atoms with van der Waals surface area (Å²) >= 11 is 9.38. The quantitative estimate of drug-likeness (QED) is 0.878. The van der Waals surface area contributed by atoms with Crippen molar-refractivity contribution >= 4 is 33.2 Å². The monoisotopic (exact) mass is 336 g/mol. The van der Waals surface area contributed by atoms with E-state index in [1.165, 1.54) is 0 Å². The molecule has 0 atom stereocenters. The molecule has 0 saturated carbocycles. The average Bonchev–Trinajstić information content (AvgIpc) is 2.38. The Morgan fingerprint density at radius 3 is 2.79 bits per heavy atom. The van der Waals surface area contributed by atoms with Crippen molar-refractivity contribution in [2.45, 2.75) is 6.54 Å². The highest BCUT2D eigenvalue weighted by atomic mass is 79.9. The summed E-state index contributed by atoms with van der Waals surface area (Å²) in [6.45, 7) is 0.344. The van der Waals surface area contributed by atoms with Gasteiger partial charge in [0.05, 0.1) is 11.3 Å². The molecule has 0 fully saturated rings. The van der Waals surface area contributed by atoms with Gasteiger partial charge in [0.15, 0.2) is 0 Å². The summed E-state index contributed by atoms with van der Waals surface area (Å²) in [6.07, 6.45) is 0. The molecule has 2 aromatic carbocycles. The van der Waals surface area contributed by atoms with E-state index in [4.69, 9.17) is 16.9 Å². The van der Waals surface area contributed by atoms with Crippen molar-refractivity contribution in [2.24, 2.45) is 0 Å². The van der Waals surface area contributed by atoms with E-state index < -0.39 is 0 Å². The molecular weight excluding hydrogens is 328 g/mol. The van der Waals surface area contributed by atoms with E-state index in [0.717, 1.165) is 4.47 Å². The van der Waals surface area contributed by atoms with Gasteiger partial charge in [-0.05, 0) is 30.3 Å². The first-order valence-corrected chi connectivity index (χ1v) is 6.69. The highest BCUT2D eigenvalue weighted by Gasteiger charge is 2.08. The molecule has 0 amide bonds. The number of nitrogens with one attached hydrogen (secondary N) is 1. The summed E-state index contributed by atoms with van der Waals surface area (Å²) in [5, 5.41) is 22.4. The smallest absolute Gasteiger partial charge is 0.122 e. The Morgan fingerprint density at radius 2 is 2.11 bits per heavy atom. The van der Waals surface area contributed by atoms with E-state index in [9.17, 15) is 5.11 Å². The third kappa shape index (κ3) is 3.19. The van der Waals surface area contributed by atoms with Crippen LogP contribution in [0, 0.1) is 11.3 Å². The van der Waals surface area contributed by atoms with E-state index >= 15 is 0 Å². The number of phenolic OH excluding ortho intramolecular Hbond substituents is 1. The zero-order valence-corrected chi connectivity index (χ0v) is 12.2. The third-order valence-corrected chi connectivity index (χ3v) is 3.50. The molecule has 5 heteroatoms. The summed E-state index contributed by atoms with van der Waals surface area (Å²) in [5.41, 5.74) is 1.83. The second-order valence-corrected chi connectivity index (χ2v) is 5.22. The molecule has 0 aromatic heterocycles. The van der Waals surface area contributed by atoms with Crippen LogP contribution in [0.15, 0.2) is 40.9 Å². The predicted octanol–water partition coefficient (Wildman–Crippen LogP) is 4.29. The molecule has 0 spiro atoms. The van der Waals surface area contributed by atoms with Gasteiger partial charge in [0, 0.05) is 21.6 Å². The van der Waals surface area contributed by atoms with Crippen molar-refractivity contribution in [3.63, 3.8) is 0 Å². The van der Waals surface area contributed by atoms with Crippen LogP contribution < -0.4 is 5.32 Å². The van der Waals surface area contributed by atoms with E-state index in [0.29, 0.717) is 28.4 Å². The number of benzene rings is 2. The van der Waals surface area contributed by atoms with Crippen LogP contribution >= 0.6 is 27.5 Å². The molecular formula is C14H10BrClN2O. The Hall–Kier alpha value is -1.70. The van der Waals surface area contributed by atoms with Crippen LogP contribution in [-0.2, 0) is 6.54 Å². The minimum atomic E-state index is 0.133. The van der Waals surface area contributed by atoms with Gasteiger partial charge in [-0.25, -0.2) is 0 Å². The van der Waals surface area contributed by atoms with Gasteiger partial charge in [-0.1, -0.05) is 33.6 Å². The van der Waals surface area contributed by atoms with Gasteiger partial charge in [0.25, 0.3) is 0 Å². The lowest BCUT2D eigenvalue weighted by Crippen LogP contribution is -2.02. The molecule has 2 rings (SSSR count). The lowest BCUT2D eigenvalue weighted by molar-refractivity contribution is 0.469. The predicted molar refractivity (Wildman–Crippen MR) is 79.3 cm³/mol. The summed E-state index contributed by atoms with van der Waals surface area (Å²) in [4.78, 5) is 0. The highest BCUT2D eigenvalue weighted by Crippen LogP contribution is 2.27. The second-order valence-electron chi connectivity index (χ2n) is 3.89. The van der Waals surface area contributed by atoms with E-state index in [2.05, 4.69) is 27.3 Å². The number of halogens is 2. The number of nitriles is 1. The van der Waals surface area contributed by atoms with Crippen LogP contribution in [-0.4, -0.2) is 5.11 Å². The maximum Gasteiger partial charge on any atom is 0.122 e. The molecule has 2 aromatic rings. The molecule has 0 saturated heterocycles. The molecule has 0 heterocycles. The molecule has 0 bridgehead atoms. The number of anilines is 1. The Labute approximate surface area is 124 Å². The van der Waals surface area contributed by atoms with Crippen molar-refractivity contribution in [3.8, 4) is 11.8 Å². The van der Waals surface area contributed by atoms with Gasteiger partial charge in [-0.3, -0.25) is 0 Å². The first-order chi connectivity index (χ1) is 9.11. The van der Waals surface area contributed by atoms with Crippen molar-refractivity contribution in [2.75, 3.05) is 5.32 Å². The number of phenols is 1. The highest BCUT2D eigenvalue weighted by molar-refractivity contribution is 9.10. The molecule has 96 valence electrons. The average molecular weight is 338 g/mol. The molecule has 19 heavy (non-hydrogen) atoms. The SMILES string of the molecule is N#Cc1ccc(Br)cc1NCc1c(O)cccc1Cl. The first-order valence-electron chi connectivity index (χ1n) is 5.51. The molecule has 0 aliphatic heterocycles. The Kier molecular flexibility index (Phi) is 4.31. The maximum absolute atomic E-state index is 9.75. The largest absolute Gasteiger partial charge is 0.508 e. The maximum atomic E-state index is 9.75. The van der Waals surface area contributed by atoms with Gasteiger partial charge in [-0.2, -0.15) is 5.26 Å². The van der Waals surface area contributed by atoms with Crippen molar-refractivity contribution in [1.29, 1.82) is 5.26 Å².